The Hall–Kier alpha value is -1.85. The lowest BCUT2D eigenvalue weighted by Gasteiger charge is -2.25. The van der Waals surface area contributed by atoms with Crippen LogP contribution in [0.4, 0.5) is 20.2 Å². The Morgan fingerprint density at radius 1 is 1.41 bits per heavy atom. The van der Waals surface area contributed by atoms with Gasteiger partial charge in [0.2, 0.25) is 5.91 Å². The molecule has 4 N–H and O–H groups in total. The summed E-state index contributed by atoms with van der Waals surface area (Å²) in [5.74, 6) is -1.96. The number of anilines is 2. The zero-order valence-corrected chi connectivity index (χ0v) is 9.09. The standard InChI is InChI=1S/C11H13F2N3O/c12-7-2-3-8(14)11(10(7)13)16-6-1-4-9(17)15-5-6/h2-3,6,16H,1,4-5,14H2,(H,15,17). The number of hydrogen-bond acceptors (Lipinski definition) is 3. The van der Waals surface area contributed by atoms with Crippen molar-refractivity contribution in [3.63, 3.8) is 0 Å². The summed E-state index contributed by atoms with van der Waals surface area (Å²) in [4.78, 5) is 11.0. The summed E-state index contributed by atoms with van der Waals surface area (Å²) in [6.45, 7) is 0.383. The van der Waals surface area contributed by atoms with Crippen molar-refractivity contribution in [1.82, 2.24) is 5.32 Å². The van der Waals surface area contributed by atoms with Crippen LogP contribution in [0.15, 0.2) is 12.1 Å². The molecule has 0 aromatic heterocycles. The second kappa shape index (κ2) is 4.57. The first-order valence-electron chi connectivity index (χ1n) is 5.34. The number of carbonyl (C=O) groups is 1. The summed E-state index contributed by atoms with van der Waals surface area (Å²) in [6.07, 6.45) is 0.940. The van der Waals surface area contributed by atoms with E-state index in [-0.39, 0.29) is 23.3 Å². The molecule has 1 aliphatic heterocycles. The Kier molecular flexibility index (Phi) is 3.12. The number of nitrogens with one attached hydrogen (secondary N) is 2. The first-order valence-corrected chi connectivity index (χ1v) is 5.34. The number of benzene rings is 1. The number of piperidine rings is 1. The molecule has 1 aliphatic rings. The maximum atomic E-state index is 13.5. The molecule has 0 aliphatic carbocycles. The van der Waals surface area contributed by atoms with Crippen molar-refractivity contribution in [3.8, 4) is 0 Å². The largest absolute Gasteiger partial charge is 0.397 e. The van der Waals surface area contributed by atoms with Gasteiger partial charge < -0.3 is 16.4 Å². The molecule has 0 saturated carbocycles. The van der Waals surface area contributed by atoms with Crippen LogP contribution in [0.25, 0.3) is 0 Å². The summed E-state index contributed by atoms with van der Waals surface area (Å²) >= 11 is 0. The summed E-state index contributed by atoms with van der Waals surface area (Å²) in [7, 11) is 0. The Morgan fingerprint density at radius 2 is 2.18 bits per heavy atom. The first-order chi connectivity index (χ1) is 8.08. The predicted octanol–water partition coefficient (Wildman–Crippen LogP) is 1.24. The van der Waals surface area contributed by atoms with Crippen LogP contribution < -0.4 is 16.4 Å². The van der Waals surface area contributed by atoms with Gasteiger partial charge in [0.15, 0.2) is 11.6 Å². The van der Waals surface area contributed by atoms with Gasteiger partial charge in [-0.05, 0) is 18.6 Å². The molecule has 0 radical (unpaired) electrons. The molecule has 1 unspecified atom stereocenters. The minimum absolute atomic E-state index is 0.0317. The molecule has 2 rings (SSSR count). The van der Waals surface area contributed by atoms with Gasteiger partial charge in [-0.25, -0.2) is 8.78 Å². The van der Waals surface area contributed by atoms with Crippen molar-refractivity contribution in [3.05, 3.63) is 23.8 Å². The van der Waals surface area contributed by atoms with E-state index in [0.29, 0.717) is 19.4 Å². The molecule has 17 heavy (non-hydrogen) atoms. The van der Waals surface area contributed by atoms with Crippen molar-refractivity contribution >= 4 is 17.3 Å². The average molecular weight is 241 g/mol. The lowest BCUT2D eigenvalue weighted by Crippen LogP contribution is -2.42. The molecular formula is C11H13F2N3O. The van der Waals surface area contributed by atoms with Crippen molar-refractivity contribution in [2.75, 3.05) is 17.6 Å². The second-order valence-electron chi connectivity index (χ2n) is 4.01. The third kappa shape index (κ3) is 2.46. The normalized spacial score (nSPS) is 19.9. The Labute approximate surface area is 97.2 Å². The van der Waals surface area contributed by atoms with E-state index in [0.717, 1.165) is 6.07 Å². The quantitative estimate of drug-likeness (QED) is 0.682. The Bertz CT molecular complexity index is 441. The van der Waals surface area contributed by atoms with Crippen molar-refractivity contribution < 1.29 is 13.6 Å². The highest BCUT2D eigenvalue weighted by Gasteiger charge is 2.20. The SMILES string of the molecule is Nc1ccc(F)c(F)c1NC1CCC(=O)NC1. The number of nitrogens with two attached hydrogens (primary N) is 1. The molecule has 0 spiro atoms. The van der Waals surface area contributed by atoms with E-state index < -0.39 is 11.6 Å². The molecule has 1 heterocycles. The van der Waals surface area contributed by atoms with E-state index in [1.54, 1.807) is 0 Å². The van der Waals surface area contributed by atoms with Crippen molar-refractivity contribution in [2.24, 2.45) is 0 Å². The highest BCUT2D eigenvalue weighted by molar-refractivity contribution is 5.77. The fourth-order valence-corrected chi connectivity index (χ4v) is 1.77. The average Bonchev–Trinajstić information content (AvgIpc) is 2.32. The molecule has 1 fully saturated rings. The highest BCUT2D eigenvalue weighted by atomic mass is 19.2. The Balaban J connectivity index is 2.13. The molecule has 0 bridgehead atoms. The lowest BCUT2D eigenvalue weighted by molar-refractivity contribution is -0.122. The third-order valence-corrected chi connectivity index (χ3v) is 2.74. The molecule has 1 saturated heterocycles. The number of carbonyl (C=O) groups excluding carboxylic acids is 1. The summed E-state index contributed by atoms with van der Waals surface area (Å²) in [6, 6.07) is 2.16. The van der Waals surface area contributed by atoms with Gasteiger partial charge in [-0.1, -0.05) is 0 Å². The van der Waals surface area contributed by atoms with Crippen LogP contribution in [0, 0.1) is 11.6 Å². The molecular weight excluding hydrogens is 228 g/mol. The fraction of sp³-hybridized carbons (Fsp3) is 0.364. The molecule has 4 nitrogen and oxygen atoms in total. The van der Waals surface area contributed by atoms with Crippen LogP contribution in [0.5, 0.6) is 0 Å². The number of hydrogen-bond donors (Lipinski definition) is 3. The second-order valence-corrected chi connectivity index (χ2v) is 4.01. The molecule has 92 valence electrons. The van der Waals surface area contributed by atoms with Crippen molar-refractivity contribution in [2.45, 2.75) is 18.9 Å². The van der Waals surface area contributed by atoms with Gasteiger partial charge in [0.1, 0.15) is 0 Å². The predicted molar refractivity (Wildman–Crippen MR) is 60.4 cm³/mol. The van der Waals surface area contributed by atoms with Gasteiger partial charge in [-0.3, -0.25) is 4.79 Å². The number of rotatable bonds is 2. The zero-order chi connectivity index (χ0) is 12.4. The van der Waals surface area contributed by atoms with Crippen LogP contribution >= 0.6 is 0 Å². The van der Waals surface area contributed by atoms with E-state index in [1.165, 1.54) is 6.07 Å². The van der Waals surface area contributed by atoms with Crippen molar-refractivity contribution in [1.29, 1.82) is 0 Å². The zero-order valence-electron chi connectivity index (χ0n) is 9.09. The highest BCUT2D eigenvalue weighted by Crippen LogP contribution is 2.26. The minimum Gasteiger partial charge on any atom is -0.397 e. The van der Waals surface area contributed by atoms with Crippen LogP contribution in [-0.2, 0) is 4.79 Å². The van der Waals surface area contributed by atoms with E-state index in [1.807, 2.05) is 0 Å². The van der Waals surface area contributed by atoms with Crippen LogP contribution in [0.2, 0.25) is 0 Å². The van der Waals surface area contributed by atoms with E-state index in [9.17, 15) is 13.6 Å². The fourth-order valence-electron chi connectivity index (χ4n) is 1.77. The topological polar surface area (TPSA) is 67.1 Å². The molecule has 1 amide bonds. The first kappa shape index (κ1) is 11.6. The van der Waals surface area contributed by atoms with E-state index in [2.05, 4.69) is 10.6 Å². The van der Waals surface area contributed by atoms with E-state index >= 15 is 0 Å². The van der Waals surface area contributed by atoms with E-state index in [4.69, 9.17) is 5.73 Å². The maximum absolute atomic E-state index is 13.5. The summed E-state index contributed by atoms with van der Waals surface area (Å²) in [5.41, 5.74) is 5.70. The van der Waals surface area contributed by atoms with Crippen LogP contribution in [0.3, 0.4) is 0 Å². The van der Waals surface area contributed by atoms with Gasteiger partial charge in [0.05, 0.1) is 11.4 Å². The van der Waals surface area contributed by atoms with Gasteiger partial charge in [-0.15, -0.1) is 0 Å². The molecule has 6 heteroatoms. The number of nitrogen functional groups attached to an aromatic ring is 1. The number of amides is 1. The molecule has 1 atom stereocenters. The van der Waals surface area contributed by atoms with Crippen LogP contribution in [-0.4, -0.2) is 18.5 Å². The Morgan fingerprint density at radius 3 is 2.82 bits per heavy atom. The van der Waals surface area contributed by atoms with Gasteiger partial charge in [-0.2, -0.15) is 0 Å². The third-order valence-electron chi connectivity index (χ3n) is 2.74. The molecule has 1 aromatic carbocycles. The van der Waals surface area contributed by atoms with Crippen LogP contribution in [0.1, 0.15) is 12.8 Å². The monoisotopic (exact) mass is 241 g/mol. The molecule has 1 aromatic rings. The summed E-state index contributed by atoms with van der Waals surface area (Å²) in [5, 5.41) is 5.47. The minimum atomic E-state index is -0.984. The lowest BCUT2D eigenvalue weighted by atomic mass is 10.1. The van der Waals surface area contributed by atoms with Gasteiger partial charge in [0.25, 0.3) is 0 Å². The smallest absolute Gasteiger partial charge is 0.220 e. The number of halogens is 2. The maximum Gasteiger partial charge on any atom is 0.220 e. The summed E-state index contributed by atoms with van der Waals surface area (Å²) < 4.78 is 26.5. The van der Waals surface area contributed by atoms with Gasteiger partial charge in [0, 0.05) is 19.0 Å². The van der Waals surface area contributed by atoms with Gasteiger partial charge >= 0.3 is 0 Å².